The van der Waals surface area contributed by atoms with Gasteiger partial charge in [-0.2, -0.15) is 0 Å². The maximum atomic E-state index is 12.2. The first kappa shape index (κ1) is 14.4. The fourth-order valence-electron chi connectivity index (χ4n) is 1.65. The number of amides is 1. The average molecular weight is 291 g/mol. The minimum absolute atomic E-state index is 0.225. The van der Waals surface area contributed by atoms with Crippen molar-refractivity contribution in [2.75, 3.05) is 10.7 Å². The molecule has 20 heavy (non-hydrogen) atoms. The number of aryl methyl sites for hydroxylation is 1. The lowest BCUT2D eigenvalue weighted by Gasteiger charge is -2.06. The molecule has 106 valence electrons. The molecule has 0 unspecified atom stereocenters. The molecule has 1 amide bonds. The van der Waals surface area contributed by atoms with E-state index in [0.717, 1.165) is 5.69 Å². The summed E-state index contributed by atoms with van der Waals surface area (Å²) in [5, 5.41) is 5.33. The fourth-order valence-corrected chi connectivity index (χ4v) is 2.52. The highest BCUT2D eigenvalue weighted by molar-refractivity contribution is 7.14. The standard InChI is InChI=1S/C13H17N5OS/c1-7(2)10-6-20-13(16-10)17-12(19)9-4-8(3)15-11(5-9)18-14/h4-7H,14H2,1-3H3,(H,15,18)(H,16,17,19). The van der Waals surface area contributed by atoms with Gasteiger partial charge in [0.2, 0.25) is 0 Å². The van der Waals surface area contributed by atoms with E-state index in [9.17, 15) is 4.79 Å². The van der Waals surface area contributed by atoms with Crippen molar-refractivity contribution in [3.63, 3.8) is 0 Å². The number of rotatable bonds is 4. The molecule has 2 aromatic heterocycles. The predicted octanol–water partition coefficient (Wildman–Crippen LogP) is 2.51. The third-order valence-corrected chi connectivity index (χ3v) is 3.47. The van der Waals surface area contributed by atoms with E-state index in [1.54, 1.807) is 19.1 Å². The van der Waals surface area contributed by atoms with Gasteiger partial charge in [-0.25, -0.2) is 15.8 Å². The molecule has 0 atom stereocenters. The number of hydrogen-bond donors (Lipinski definition) is 3. The third kappa shape index (κ3) is 3.31. The number of carbonyl (C=O) groups excluding carboxylic acids is 1. The van der Waals surface area contributed by atoms with Crippen molar-refractivity contribution in [3.05, 3.63) is 34.5 Å². The second-order valence-corrected chi connectivity index (χ2v) is 5.57. The van der Waals surface area contributed by atoms with Crippen molar-refractivity contribution in [3.8, 4) is 0 Å². The maximum Gasteiger partial charge on any atom is 0.257 e. The number of hydrogen-bond acceptors (Lipinski definition) is 6. The van der Waals surface area contributed by atoms with Crippen LogP contribution in [0.5, 0.6) is 0 Å². The van der Waals surface area contributed by atoms with Gasteiger partial charge >= 0.3 is 0 Å². The molecule has 0 saturated carbocycles. The number of nitrogen functional groups attached to an aromatic ring is 1. The second kappa shape index (κ2) is 5.98. The van der Waals surface area contributed by atoms with E-state index in [2.05, 4.69) is 34.6 Å². The van der Waals surface area contributed by atoms with Crippen LogP contribution in [0, 0.1) is 6.92 Å². The van der Waals surface area contributed by atoms with Gasteiger partial charge < -0.3 is 5.43 Å². The molecule has 0 saturated heterocycles. The summed E-state index contributed by atoms with van der Waals surface area (Å²) in [5.41, 5.74) is 4.62. The molecular weight excluding hydrogens is 274 g/mol. The Balaban J connectivity index is 2.16. The molecule has 7 heteroatoms. The van der Waals surface area contributed by atoms with Crippen LogP contribution in [0.25, 0.3) is 0 Å². The van der Waals surface area contributed by atoms with Gasteiger partial charge in [-0.05, 0) is 25.0 Å². The molecular formula is C13H17N5OS. The van der Waals surface area contributed by atoms with E-state index >= 15 is 0 Å². The molecule has 0 fully saturated rings. The summed E-state index contributed by atoms with van der Waals surface area (Å²) in [5.74, 6) is 5.89. The normalized spacial score (nSPS) is 10.7. The molecule has 0 aliphatic heterocycles. The SMILES string of the molecule is Cc1cc(C(=O)Nc2nc(C(C)C)cs2)cc(NN)n1. The number of thiazole rings is 1. The van der Waals surface area contributed by atoms with Crippen LogP contribution in [0.1, 0.15) is 41.5 Å². The molecule has 2 aromatic rings. The van der Waals surface area contributed by atoms with E-state index in [4.69, 9.17) is 5.84 Å². The van der Waals surface area contributed by atoms with Gasteiger partial charge in [0.25, 0.3) is 5.91 Å². The van der Waals surface area contributed by atoms with Crippen molar-refractivity contribution in [2.45, 2.75) is 26.7 Å². The summed E-state index contributed by atoms with van der Waals surface area (Å²) < 4.78 is 0. The van der Waals surface area contributed by atoms with Crippen molar-refractivity contribution >= 4 is 28.2 Å². The van der Waals surface area contributed by atoms with Gasteiger partial charge in [0.1, 0.15) is 5.82 Å². The maximum absolute atomic E-state index is 12.2. The van der Waals surface area contributed by atoms with Gasteiger partial charge in [0, 0.05) is 16.6 Å². The number of nitrogens with zero attached hydrogens (tertiary/aromatic N) is 2. The Morgan fingerprint density at radius 2 is 2.10 bits per heavy atom. The van der Waals surface area contributed by atoms with E-state index in [-0.39, 0.29) is 5.91 Å². The molecule has 2 rings (SSSR count). The smallest absolute Gasteiger partial charge is 0.257 e. The zero-order chi connectivity index (χ0) is 14.7. The van der Waals surface area contributed by atoms with Gasteiger partial charge in [-0.3, -0.25) is 10.1 Å². The number of carbonyl (C=O) groups is 1. The zero-order valence-electron chi connectivity index (χ0n) is 11.6. The summed E-state index contributed by atoms with van der Waals surface area (Å²) in [6.45, 7) is 5.93. The van der Waals surface area contributed by atoms with Crippen LogP contribution in [0.3, 0.4) is 0 Å². The summed E-state index contributed by atoms with van der Waals surface area (Å²) >= 11 is 1.42. The Morgan fingerprint density at radius 3 is 2.70 bits per heavy atom. The number of aromatic nitrogens is 2. The zero-order valence-corrected chi connectivity index (χ0v) is 12.4. The minimum atomic E-state index is -0.225. The molecule has 0 aromatic carbocycles. The van der Waals surface area contributed by atoms with Crippen LogP contribution in [-0.2, 0) is 0 Å². The van der Waals surface area contributed by atoms with Gasteiger partial charge in [-0.1, -0.05) is 13.8 Å². The molecule has 4 N–H and O–H groups in total. The quantitative estimate of drug-likeness (QED) is 0.594. The number of anilines is 2. The van der Waals surface area contributed by atoms with Crippen molar-refractivity contribution in [1.82, 2.24) is 9.97 Å². The van der Waals surface area contributed by atoms with Crippen LogP contribution < -0.4 is 16.6 Å². The lowest BCUT2D eigenvalue weighted by molar-refractivity contribution is 0.102. The highest BCUT2D eigenvalue weighted by Gasteiger charge is 2.12. The Bertz CT molecular complexity index is 623. The van der Waals surface area contributed by atoms with E-state index < -0.39 is 0 Å². The van der Waals surface area contributed by atoms with Crippen LogP contribution in [0.15, 0.2) is 17.5 Å². The number of nitrogens with one attached hydrogen (secondary N) is 2. The van der Waals surface area contributed by atoms with Crippen molar-refractivity contribution in [1.29, 1.82) is 0 Å². The van der Waals surface area contributed by atoms with E-state index in [1.165, 1.54) is 11.3 Å². The van der Waals surface area contributed by atoms with Gasteiger partial charge in [-0.15, -0.1) is 11.3 Å². The largest absolute Gasteiger partial charge is 0.308 e. The topological polar surface area (TPSA) is 92.9 Å². The van der Waals surface area contributed by atoms with Crippen molar-refractivity contribution < 1.29 is 4.79 Å². The van der Waals surface area contributed by atoms with E-state index in [1.807, 2.05) is 5.38 Å². The van der Waals surface area contributed by atoms with Crippen LogP contribution in [0.4, 0.5) is 10.9 Å². The molecule has 0 spiro atoms. The molecule has 6 nitrogen and oxygen atoms in total. The first-order valence-corrected chi connectivity index (χ1v) is 7.09. The third-order valence-electron chi connectivity index (χ3n) is 2.70. The summed E-state index contributed by atoms with van der Waals surface area (Å²) in [7, 11) is 0. The number of hydrazine groups is 1. The Hall–Kier alpha value is -1.99. The van der Waals surface area contributed by atoms with Crippen LogP contribution >= 0.6 is 11.3 Å². The summed E-state index contributed by atoms with van der Waals surface area (Å²) in [6, 6.07) is 3.30. The minimum Gasteiger partial charge on any atom is -0.308 e. The molecule has 0 radical (unpaired) electrons. The Morgan fingerprint density at radius 1 is 1.35 bits per heavy atom. The van der Waals surface area contributed by atoms with Crippen molar-refractivity contribution in [2.24, 2.45) is 5.84 Å². The number of pyridine rings is 1. The first-order chi connectivity index (χ1) is 9.49. The number of nitrogens with two attached hydrogens (primary N) is 1. The van der Waals surface area contributed by atoms with E-state index in [0.29, 0.717) is 28.1 Å². The molecule has 0 aliphatic carbocycles. The molecule has 0 bridgehead atoms. The average Bonchev–Trinajstić information content (AvgIpc) is 2.86. The highest BCUT2D eigenvalue weighted by atomic mass is 32.1. The fraction of sp³-hybridized carbons (Fsp3) is 0.308. The predicted molar refractivity (Wildman–Crippen MR) is 80.9 cm³/mol. The van der Waals surface area contributed by atoms with Crippen LogP contribution in [-0.4, -0.2) is 15.9 Å². The molecule has 2 heterocycles. The highest BCUT2D eigenvalue weighted by Crippen LogP contribution is 2.22. The van der Waals surface area contributed by atoms with Gasteiger partial charge in [0.05, 0.1) is 5.69 Å². The van der Waals surface area contributed by atoms with Crippen LogP contribution in [0.2, 0.25) is 0 Å². The second-order valence-electron chi connectivity index (χ2n) is 4.71. The Labute approximate surface area is 121 Å². The monoisotopic (exact) mass is 291 g/mol. The first-order valence-electron chi connectivity index (χ1n) is 6.21. The summed E-state index contributed by atoms with van der Waals surface area (Å²) in [4.78, 5) is 20.7. The lowest BCUT2D eigenvalue weighted by Crippen LogP contribution is -2.15. The summed E-state index contributed by atoms with van der Waals surface area (Å²) in [6.07, 6.45) is 0. The van der Waals surface area contributed by atoms with Gasteiger partial charge in [0.15, 0.2) is 5.13 Å². The Kier molecular flexibility index (Phi) is 4.31. The lowest BCUT2D eigenvalue weighted by atomic mass is 10.2. The molecule has 0 aliphatic rings.